The second-order valence-corrected chi connectivity index (χ2v) is 6.58. The quantitative estimate of drug-likeness (QED) is 0.571. The Morgan fingerprint density at radius 2 is 2.00 bits per heavy atom. The third-order valence-corrected chi connectivity index (χ3v) is 5.27. The highest BCUT2D eigenvalue weighted by atomic mass is 16.3. The van der Waals surface area contributed by atoms with Gasteiger partial charge in [0.05, 0.1) is 0 Å². The van der Waals surface area contributed by atoms with Crippen molar-refractivity contribution in [1.29, 1.82) is 0 Å². The third kappa shape index (κ3) is 2.02. The van der Waals surface area contributed by atoms with Gasteiger partial charge in [0.15, 0.2) is 0 Å². The Labute approximate surface area is 105 Å². The van der Waals surface area contributed by atoms with Crippen molar-refractivity contribution in [3.63, 3.8) is 0 Å². The second kappa shape index (κ2) is 4.32. The summed E-state index contributed by atoms with van der Waals surface area (Å²) < 4.78 is 0. The number of aliphatic hydroxyl groups is 1. The number of fused-ring (bicyclic) bond motifs is 2. The van der Waals surface area contributed by atoms with Crippen LogP contribution >= 0.6 is 0 Å². The monoisotopic (exact) mass is 232 g/mol. The average Bonchev–Trinajstić information content (AvgIpc) is 2.55. The largest absolute Gasteiger partial charge is 0.377 e. The fourth-order valence-electron chi connectivity index (χ4n) is 4.66. The fourth-order valence-corrected chi connectivity index (χ4v) is 4.66. The molecule has 2 unspecified atom stereocenters. The molecule has 3 aliphatic carbocycles. The van der Waals surface area contributed by atoms with Crippen LogP contribution < -0.4 is 0 Å². The highest BCUT2D eigenvalue weighted by molar-refractivity contribution is 5.21. The molecule has 0 radical (unpaired) electrons. The van der Waals surface area contributed by atoms with Gasteiger partial charge in [-0.15, -0.1) is 5.92 Å². The van der Waals surface area contributed by atoms with Gasteiger partial charge in [-0.05, 0) is 56.3 Å². The van der Waals surface area contributed by atoms with Crippen LogP contribution in [0.4, 0.5) is 0 Å². The van der Waals surface area contributed by atoms with E-state index in [9.17, 15) is 5.11 Å². The lowest BCUT2D eigenvalue weighted by Crippen LogP contribution is -2.44. The summed E-state index contributed by atoms with van der Waals surface area (Å²) >= 11 is 0. The minimum atomic E-state index is -0.618. The molecule has 1 heteroatoms. The van der Waals surface area contributed by atoms with Gasteiger partial charge in [-0.1, -0.05) is 19.3 Å². The van der Waals surface area contributed by atoms with Gasteiger partial charge in [0.2, 0.25) is 0 Å². The highest BCUT2D eigenvalue weighted by Gasteiger charge is 2.54. The van der Waals surface area contributed by atoms with Crippen LogP contribution in [0, 0.1) is 35.5 Å². The Balaban J connectivity index is 1.75. The lowest BCUT2D eigenvalue weighted by molar-refractivity contribution is -0.0352. The summed E-state index contributed by atoms with van der Waals surface area (Å²) in [4.78, 5) is 0. The number of hydrogen-bond donors (Lipinski definition) is 1. The van der Waals surface area contributed by atoms with E-state index in [2.05, 4.69) is 18.8 Å². The molecule has 0 aromatic carbocycles. The topological polar surface area (TPSA) is 20.2 Å². The lowest BCUT2D eigenvalue weighted by Gasteiger charge is -2.42. The van der Waals surface area contributed by atoms with Crippen LogP contribution in [0.1, 0.15) is 58.3 Å². The molecule has 0 aromatic heterocycles. The van der Waals surface area contributed by atoms with Crippen LogP contribution in [0.15, 0.2) is 0 Å². The molecule has 0 aliphatic heterocycles. The minimum Gasteiger partial charge on any atom is -0.377 e. The smallest absolute Gasteiger partial charge is 0.128 e. The molecule has 94 valence electrons. The van der Waals surface area contributed by atoms with Crippen molar-refractivity contribution in [2.24, 2.45) is 23.7 Å². The van der Waals surface area contributed by atoms with E-state index in [1.807, 2.05) is 0 Å². The Bertz CT molecular complexity index is 348. The molecule has 0 amide bonds. The lowest BCUT2D eigenvalue weighted by atomic mass is 9.65. The zero-order valence-electron chi connectivity index (χ0n) is 10.9. The van der Waals surface area contributed by atoms with Crippen LogP contribution in [0.5, 0.6) is 0 Å². The molecule has 17 heavy (non-hydrogen) atoms. The summed E-state index contributed by atoms with van der Waals surface area (Å²) in [5.74, 6) is 9.48. The standard InChI is InChI=1S/C16H24O/c1-2-3-4-5-6-16(17)11-13-7-12-8-14(9-13)15(16)10-12/h12-15,17H,2-4,7-11H2,1H3/t12-,13+,14-,15?,16?/m0/s1. The van der Waals surface area contributed by atoms with E-state index < -0.39 is 5.60 Å². The van der Waals surface area contributed by atoms with Crippen molar-refractivity contribution in [2.45, 2.75) is 63.9 Å². The van der Waals surface area contributed by atoms with E-state index in [1.165, 1.54) is 38.5 Å². The molecule has 1 N–H and O–H groups in total. The summed E-state index contributed by atoms with van der Waals surface area (Å²) in [5.41, 5.74) is -0.618. The number of rotatable bonds is 2. The van der Waals surface area contributed by atoms with E-state index in [-0.39, 0.29) is 0 Å². The van der Waals surface area contributed by atoms with Gasteiger partial charge in [0.1, 0.15) is 5.60 Å². The maximum Gasteiger partial charge on any atom is 0.128 e. The zero-order chi connectivity index (χ0) is 11.9. The number of unbranched alkanes of at least 4 members (excludes halogenated alkanes) is 2. The molecule has 3 rings (SSSR count). The average molecular weight is 232 g/mol. The fraction of sp³-hybridized carbons (Fsp3) is 0.875. The minimum absolute atomic E-state index is 0.500. The molecule has 3 aliphatic rings. The molecule has 3 bridgehead atoms. The SMILES string of the molecule is CCCCC#CC1(O)C[C@@H]2C[C@@H]3CC1[C@H](C2)C3. The molecule has 0 saturated heterocycles. The van der Waals surface area contributed by atoms with Crippen LogP contribution in [0.3, 0.4) is 0 Å². The van der Waals surface area contributed by atoms with Crippen LogP contribution in [-0.2, 0) is 0 Å². The van der Waals surface area contributed by atoms with Gasteiger partial charge >= 0.3 is 0 Å². The first kappa shape index (κ1) is 11.6. The van der Waals surface area contributed by atoms with Gasteiger partial charge in [-0.25, -0.2) is 0 Å². The molecule has 1 nitrogen and oxygen atoms in total. The normalized spacial score (nSPS) is 46.7. The van der Waals surface area contributed by atoms with Gasteiger partial charge in [-0.2, -0.15) is 0 Å². The Hall–Kier alpha value is -0.480. The van der Waals surface area contributed by atoms with Crippen LogP contribution in [-0.4, -0.2) is 10.7 Å². The van der Waals surface area contributed by atoms with E-state index in [1.54, 1.807) is 0 Å². The van der Waals surface area contributed by atoms with E-state index in [0.29, 0.717) is 5.92 Å². The van der Waals surface area contributed by atoms with Crippen molar-refractivity contribution >= 4 is 0 Å². The Morgan fingerprint density at radius 1 is 1.18 bits per heavy atom. The van der Waals surface area contributed by atoms with Crippen molar-refractivity contribution in [1.82, 2.24) is 0 Å². The summed E-state index contributed by atoms with van der Waals surface area (Å²) in [7, 11) is 0. The molecule has 0 spiro atoms. The third-order valence-electron chi connectivity index (χ3n) is 5.27. The van der Waals surface area contributed by atoms with Crippen molar-refractivity contribution in [3.8, 4) is 11.8 Å². The van der Waals surface area contributed by atoms with E-state index in [4.69, 9.17) is 0 Å². The summed E-state index contributed by atoms with van der Waals surface area (Å²) in [6.45, 7) is 2.19. The van der Waals surface area contributed by atoms with E-state index >= 15 is 0 Å². The maximum atomic E-state index is 10.9. The Morgan fingerprint density at radius 3 is 2.82 bits per heavy atom. The van der Waals surface area contributed by atoms with Crippen molar-refractivity contribution in [3.05, 3.63) is 0 Å². The molecule has 5 atom stereocenters. The van der Waals surface area contributed by atoms with Gasteiger partial charge in [-0.3, -0.25) is 0 Å². The predicted octanol–water partition coefficient (Wildman–Crippen LogP) is 3.37. The summed E-state index contributed by atoms with van der Waals surface area (Å²) in [6.07, 6.45) is 9.66. The van der Waals surface area contributed by atoms with Gasteiger partial charge < -0.3 is 5.11 Å². The summed E-state index contributed by atoms with van der Waals surface area (Å²) in [5, 5.41) is 10.9. The first-order chi connectivity index (χ1) is 8.21. The highest BCUT2D eigenvalue weighted by Crippen LogP contribution is 2.58. The van der Waals surface area contributed by atoms with Gasteiger partial charge in [0.25, 0.3) is 0 Å². The first-order valence-corrected chi connectivity index (χ1v) is 7.43. The zero-order valence-corrected chi connectivity index (χ0v) is 10.9. The molecule has 3 fully saturated rings. The van der Waals surface area contributed by atoms with Gasteiger partial charge in [0, 0.05) is 12.3 Å². The second-order valence-electron chi connectivity index (χ2n) is 6.58. The van der Waals surface area contributed by atoms with Crippen LogP contribution in [0.2, 0.25) is 0 Å². The Kier molecular flexibility index (Phi) is 2.95. The van der Waals surface area contributed by atoms with Crippen LogP contribution in [0.25, 0.3) is 0 Å². The molecule has 0 heterocycles. The van der Waals surface area contributed by atoms with Crippen molar-refractivity contribution < 1.29 is 5.11 Å². The molecular weight excluding hydrogens is 208 g/mol. The van der Waals surface area contributed by atoms with Crippen molar-refractivity contribution in [2.75, 3.05) is 0 Å². The number of hydrogen-bond acceptors (Lipinski definition) is 1. The van der Waals surface area contributed by atoms with E-state index in [0.717, 1.165) is 30.6 Å². The molecular formula is C16H24O. The molecule has 3 saturated carbocycles. The molecule has 0 aromatic rings. The first-order valence-electron chi connectivity index (χ1n) is 7.43. The summed E-state index contributed by atoms with van der Waals surface area (Å²) in [6, 6.07) is 0. The maximum absolute atomic E-state index is 10.9. The predicted molar refractivity (Wildman–Crippen MR) is 69.3 cm³/mol.